The fraction of sp³-hybridized carbons (Fsp3) is 0.565. The summed E-state index contributed by atoms with van der Waals surface area (Å²) in [5.41, 5.74) is 0.997. The molecule has 7 heteroatoms. The van der Waals surface area contributed by atoms with Crippen LogP contribution in [-0.4, -0.2) is 75.0 Å². The van der Waals surface area contributed by atoms with E-state index in [4.69, 9.17) is 4.74 Å². The average molecular weight is 415 g/mol. The smallest absolute Gasteiger partial charge is 0.222 e. The van der Waals surface area contributed by atoms with Crippen LogP contribution in [0.15, 0.2) is 29.3 Å². The summed E-state index contributed by atoms with van der Waals surface area (Å²) in [7, 11) is 1.61. The number of hydrogen-bond donors (Lipinski definition) is 1. The zero-order chi connectivity index (χ0) is 21.5. The highest BCUT2D eigenvalue weighted by atomic mass is 16.5. The lowest BCUT2D eigenvalue weighted by atomic mass is 9.77. The van der Waals surface area contributed by atoms with Gasteiger partial charge in [0.05, 0.1) is 46.4 Å². The van der Waals surface area contributed by atoms with E-state index in [2.05, 4.69) is 4.99 Å². The third-order valence-electron chi connectivity index (χ3n) is 6.15. The maximum atomic E-state index is 12.6. The number of ether oxygens (including phenoxy) is 1. The Labute approximate surface area is 178 Å². The standard InChI is InChI=1S/C23H31N3O4/c1-3-23(29)26-12-10-25(11-13-26)9-8-24-16-20-21(27)14-18(15-22(20)28)17-4-6-19(30-2)7-5-17/h4-7,16,18,20H,3,8-15H2,1-2H3/p+1. The molecule has 2 fully saturated rings. The lowest BCUT2D eigenvalue weighted by molar-refractivity contribution is -0.902. The molecule has 0 bridgehead atoms. The fourth-order valence-corrected chi connectivity index (χ4v) is 4.22. The molecule has 1 aliphatic heterocycles. The van der Waals surface area contributed by atoms with E-state index in [1.54, 1.807) is 13.3 Å². The minimum Gasteiger partial charge on any atom is -0.497 e. The van der Waals surface area contributed by atoms with Crippen molar-refractivity contribution < 1.29 is 24.0 Å². The zero-order valence-electron chi connectivity index (χ0n) is 17.9. The summed E-state index contributed by atoms with van der Waals surface area (Å²) in [6.45, 7) is 6.77. The molecule has 1 saturated carbocycles. The number of nitrogens with one attached hydrogen (secondary N) is 1. The minimum absolute atomic E-state index is 0.0464. The monoisotopic (exact) mass is 414 g/mol. The number of piperazine rings is 1. The number of quaternary nitrogens is 1. The molecule has 1 saturated heterocycles. The number of benzene rings is 1. The predicted octanol–water partition coefficient (Wildman–Crippen LogP) is 0.535. The van der Waals surface area contributed by atoms with Crippen molar-refractivity contribution in [3.8, 4) is 5.75 Å². The first kappa shape index (κ1) is 22.2. The third-order valence-corrected chi connectivity index (χ3v) is 6.15. The van der Waals surface area contributed by atoms with Crippen molar-refractivity contribution in [3.05, 3.63) is 29.8 Å². The van der Waals surface area contributed by atoms with Crippen LogP contribution in [0.3, 0.4) is 0 Å². The van der Waals surface area contributed by atoms with Gasteiger partial charge in [-0.2, -0.15) is 0 Å². The molecule has 0 unspecified atom stereocenters. The van der Waals surface area contributed by atoms with E-state index in [0.717, 1.165) is 44.0 Å². The fourth-order valence-electron chi connectivity index (χ4n) is 4.22. The van der Waals surface area contributed by atoms with Crippen LogP contribution in [-0.2, 0) is 14.4 Å². The van der Waals surface area contributed by atoms with Crippen molar-refractivity contribution in [2.24, 2.45) is 10.9 Å². The predicted molar refractivity (Wildman–Crippen MR) is 114 cm³/mol. The first-order valence-electron chi connectivity index (χ1n) is 10.8. The molecule has 2 aliphatic rings. The second-order valence-electron chi connectivity index (χ2n) is 8.08. The molecule has 0 radical (unpaired) electrons. The molecule has 1 N–H and O–H groups in total. The molecule has 1 amide bonds. The summed E-state index contributed by atoms with van der Waals surface area (Å²) in [5.74, 6) is 0.123. The Kier molecular flexibility index (Phi) is 7.74. The summed E-state index contributed by atoms with van der Waals surface area (Å²) < 4.78 is 5.16. The number of rotatable bonds is 7. The third kappa shape index (κ3) is 5.53. The van der Waals surface area contributed by atoms with E-state index in [1.165, 1.54) is 4.90 Å². The number of hydrogen-bond acceptors (Lipinski definition) is 5. The van der Waals surface area contributed by atoms with E-state index in [1.807, 2.05) is 36.1 Å². The number of nitrogens with zero attached hydrogens (tertiary/aromatic N) is 2. The maximum Gasteiger partial charge on any atom is 0.222 e. The van der Waals surface area contributed by atoms with Crippen molar-refractivity contribution in [2.75, 3.05) is 46.4 Å². The van der Waals surface area contributed by atoms with Crippen LogP contribution >= 0.6 is 0 Å². The van der Waals surface area contributed by atoms with Crippen molar-refractivity contribution in [1.29, 1.82) is 0 Å². The topological polar surface area (TPSA) is 80.5 Å². The lowest BCUT2D eigenvalue weighted by Crippen LogP contribution is -3.15. The molecule has 1 aromatic carbocycles. The highest BCUT2D eigenvalue weighted by molar-refractivity contribution is 6.16. The first-order valence-corrected chi connectivity index (χ1v) is 10.8. The zero-order valence-corrected chi connectivity index (χ0v) is 17.9. The average Bonchev–Trinajstić information content (AvgIpc) is 2.78. The summed E-state index contributed by atoms with van der Waals surface area (Å²) in [6, 6.07) is 7.57. The van der Waals surface area contributed by atoms with Crippen LogP contribution in [0.1, 0.15) is 37.7 Å². The molecule has 162 valence electrons. The van der Waals surface area contributed by atoms with Crippen LogP contribution < -0.4 is 9.64 Å². The molecule has 1 aliphatic carbocycles. The Morgan fingerprint density at radius 2 is 1.80 bits per heavy atom. The van der Waals surface area contributed by atoms with Gasteiger partial charge < -0.3 is 14.5 Å². The van der Waals surface area contributed by atoms with E-state index < -0.39 is 5.92 Å². The maximum absolute atomic E-state index is 12.6. The van der Waals surface area contributed by atoms with Gasteiger partial charge in [0, 0.05) is 25.5 Å². The SMILES string of the molecule is CCC(=O)N1CC[NH+](CCN=CC2C(=O)CC(c3ccc(OC)cc3)CC2=O)CC1. The number of aliphatic imine (C=N–C) groups is 1. The number of Topliss-reactive ketones (excluding diaryl/α,β-unsaturated/α-hetero) is 2. The van der Waals surface area contributed by atoms with Gasteiger partial charge in [-0.25, -0.2) is 0 Å². The van der Waals surface area contributed by atoms with Crippen molar-refractivity contribution >= 4 is 23.7 Å². The van der Waals surface area contributed by atoms with Gasteiger partial charge in [-0.05, 0) is 23.6 Å². The van der Waals surface area contributed by atoms with Crippen molar-refractivity contribution in [2.45, 2.75) is 32.1 Å². The second kappa shape index (κ2) is 10.5. The van der Waals surface area contributed by atoms with Gasteiger partial charge in [0.1, 0.15) is 23.2 Å². The Balaban J connectivity index is 1.45. The quantitative estimate of drug-likeness (QED) is 0.522. The largest absolute Gasteiger partial charge is 0.497 e. The lowest BCUT2D eigenvalue weighted by Gasteiger charge is -2.31. The molecular formula is C23H32N3O4+. The van der Waals surface area contributed by atoms with Crippen LogP contribution in [0, 0.1) is 5.92 Å². The molecule has 1 aromatic rings. The van der Waals surface area contributed by atoms with E-state index in [0.29, 0.717) is 25.8 Å². The van der Waals surface area contributed by atoms with Crippen LogP contribution in [0.4, 0.5) is 0 Å². The number of methoxy groups -OCH3 is 1. The van der Waals surface area contributed by atoms with E-state index in [-0.39, 0.29) is 23.4 Å². The number of amides is 1. The van der Waals surface area contributed by atoms with Crippen LogP contribution in [0.5, 0.6) is 5.75 Å². The minimum atomic E-state index is -0.700. The Morgan fingerprint density at radius 1 is 1.17 bits per heavy atom. The van der Waals surface area contributed by atoms with Gasteiger partial charge in [-0.3, -0.25) is 19.4 Å². The highest BCUT2D eigenvalue weighted by Crippen LogP contribution is 2.32. The molecule has 1 heterocycles. The second-order valence-corrected chi connectivity index (χ2v) is 8.08. The van der Waals surface area contributed by atoms with E-state index >= 15 is 0 Å². The molecule has 0 atom stereocenters. The van der Waals surface area contributed by atoms with Gasteiger partial charge >= 0.3 is 0 Å². The number of carbonyl (C=O) groups is 3. The van der Waals surface area contributed by atoms with Gasteiger partial charge in [0.15, 0.2) is 0 Å². The van der Waals surface area contributed by atoms with Gasteiger partial charge in [0.2, 0.25) is 5.91 Å². The summed E-state index contributed by atoms with van der Waals surface area (Å²) in [6.07, 6.45) is 2.86. The van der Waals surface area contributed by atoms with Gasteiger partial charge in [-0.15, -0.1) is 0 Å². The van der Waals surface area contributed by atoms with E-state index in [9.17, 15) is 14.4 Å². The molecular weight excluding hydrogens is 382 g/mol. The van der Waals surface area contributed by atoms with Crippen LogP contribution in [0.2, 0.25) is 0 Å². The van der Waals surface area contributed by atoms with Crippen molar-refractivity contribution in [1.82, 2.24) is 4.90 Å². The van der Waals surface area contributed by atoms with Crippen molar-refractivity contribution in [3.63, 3.8) is 0 Å². The molecule has 30 heavy (non-hydrogen) atoms. The Hall–Kier alpha value is -2.54. The van der Waals surface area contributed by atoms with Crippen LogP contribution in [0.25, 0.3) is 0 Å². The molecule has 0 aromatic heterocycles. The first-order chi connectivity index (χ1) is 14.5. The summed E-state index contributed by atoms with van der Waals surface area (Å²) in [5, 5.41) is 0. The number of ketones is 2. The molecule has 3 rings (SSSR count). The van der Waals surface area contributed by atoms with Gasteiger partial charge in [0.25, 0.3) is 0 Å². The highest BCUT2D eigenvalue weighted by Gasteiger charge is 2.35. The number of carbonyl (C=O) groups excluding carboxylic acids is 3. The van der Waals surface area contributed by atoms with Gasteiger partial charge in [-0.1, -0.05) is 19.1 Å². The normalized spacial score (nSPS) is 23.2. The molecule has 7 nitrogen and oxygen atoms in total. The Bertz CT molecular complexity index is 764. The molecule has 0 spiro atoms. The Morgan fingerprint density at radius 3 is 2.37 bits per heavy atom. The summed E-state index contributed by atoms with van der Waals surface area (Å²) in [4.78, 5) is 44.6. The summed E-state index contributed by atoms with van der Waals surface area (Å²) >= 11 is 0.